The first-order valence-corrected chi connectivity index (χ1v) is 10.2. The molecule has 0 unspecified atom stereocenters. The number of halogens is 1. The fraction of sp³-hybridized carbons (Fsp3) is 0.348. The van der Waals surface area contributed by atoms with Gasteiger partial charge in [0.15, 0.2) is 0 Å². The predicted molar refractivity (Wildman–Crippen MR) is 118 cm³/mol. The number of benzene rings is 2. The normalized spacial score (nSPS) is 17.2. The highest BCUT2D eigenvalue weighted by atomic mass is 19.1. The van der Waals surface area contributed by atoms with Gasteiger partial charge in [-0.05, 0) is 68.4 Å². The van der Waals surface area contributed by atoms with Gasteiger partial charge in [-0.1, -0.05) is 12.1 Å². The number of ether oxygens (including phenoxy) is 1. The van der Waals surface area contributed by atoms with E-state index in [1.54, 1.807) is 0 Å². The summed E-state index contributed by atoms with van der Waals surface area (Å²) in [6.07, 6.45) is 1.85. The number of carbonyl (C=O) groups excluding carboxylic acids is 1. The quantitative estimate of drug-likeness (QED) is 0.615. The largest absolute Gasteiger partial charge is 0.496 e. The van der Waals surface area contributed by atoms with Crippen molar-refractivity contribution in [3.63, 3.8) is 0 Å². The van der Waals surface area contributed by atoms with E-state index in [4.69, 9.17) is 14.0 Å². The number of carbonyl (C=O) groups is 1. The highest BCUT2D eigenvalue weighted by Gasteiger charge is 2.52. The fourth-order valence-corrected chi connectivity index (χ4v) is 3.69. The monoisotopic (exact) mass is 424 g/mol. The van der Waals surface area contributed by atoms with Crippen LogP contribution in [0.1, 0.15) is 43.6 Å². The number of aromatic nitrogens is 1. The standard InChI is InChI=1S/C23H26BFN2O4/c1-22(2)23(3,4)31-24(30-22)18-8-6-14(20-16(18)10-11-26-20)13-27-21(28)17-12-15(25)7-9-19(17)29-5/h6-12,26H,13H2,1-5H3,(H,27,28). The number of hydrogen-bond acceptors (Lipinski definition) is 4. The van der Waals surface area contributed by atoms with Crippen LogP contribution in [0.25, 0.3) is 10.9 Å². The minimum atomic E-state index is -0.496. The summed E-state index contributed by atoms with van der Waals surface area (Å²) in [5.41, 5.74) is 1.99. The molecular formula is C23H26BFN2O4. The Bertz CT molecular complexity index is 1130. The molecule has 8 heteroatoms. The number of aromatic amines is 1. The molecule has 162 valence electrons. The third-order valence-electron chi connectivity index (χ3n) is 6.20. The second kappa shape index (κ2) is 7.69. The molecule has 1 fully saturated rings. The number of hydrogen-bond donors (Lipinski definition) is 2. The van der Waals surface area contributed by atoms with Crippen molar-refractivity contribution in [2.24, 2.45) is 0 Å². The Morgan fingerprint density at radius 1 is 1.13 bits per heavy atom. The SMILES string of the molecule is COc1ccc(F)cc1C(=O)NCc1ccc(B2OC(C)(C)C(C)(C)O2)c2cc[nH]c12. The Morgan fingerprint density at radius 3 is 2.52 bits per heavy atom. The summed E-state index contributed by atoms with van der Waals surface area (Å²) in [6, 6.07) is 9.72. The molecule has 1 aromatic heterocycles. The van der Waals surface area contributed by atoms with Crippen LogP contribution in [-0.4, -0.2) is 36.3 Å². The van der Waals surface area contributed by atoms with E-state index in [-0.39, 0.29) is 12.1 Å². The molecule has 0 bridgehead atoms. The lowest BCUT2D eigenvalue weighted by Crippen LogP contribution is -2.41. The van der Waals surface area contributed by atoms with Gasteiger partial charge in [0.25, 0.3) is 5.91 Å². The molecule has 4 rings (SSSR count). The smallest absolute Gasteiger partial charge is 0.495 e. The molecule has 31 heavy (non-hydrogen) atoms. The van der Waals surface area contributed by atoms with Crippen molar-refractivity contribution < 1.29 is 23.2 Å². The lowest BCUT2D eigenvalue weighted by Gasteiger charge is -2.32. The maximum atomic E-state index is 13.6. The first-order valence-electron chi connectivity index (χ1n) is 10.2. The average molecular weight is 424 g/mol. The topological polar surface area (TPSA) is 72.6 Å². The van der Waals surface area contributed by atoms with Gasteiger partial charge in [-0.25, -0.2) is 4.39 Å². The third-order valence-corrected chi connectivity index (χ3v) is 6.20. The fourth-order valence-electron chi connectivity index (χ4n) is 3.69. The summed E-state index contributed by atoms with van der Waals surface area (Å²) in [5.74, 6) is -0.587. The maximum Gasteiger partial charge on any atom is 0.495 e. The van der Waals surface area contributed by atoms with Crippen LogP contribution in [0.15, 0.2) is 42.6 Å². The predicted octanol–water partition coefficient (Wildman–Crippen LogP) is 3.54. The van der Waals surface area contributed by atoms with E-state index in [9.17, 15) is 9.18 Å². The van der Waals surface area contributed by atoms with Gasteiger partial charge in [-0.3, -0.25) is 4.79 Å². The zero-order chi connectivity index (χ0) is 22.4. The molecule has 0 aliphatic carbocycles. The molecule has 2 aromatic carbocycles. The molecule has 0 spiro atoms. The minimum absolute atomic E-state index is 0.152. The second-order valence-electron chi connectivity index (χ2n) is 8.70. The highest BCUT2D eigenvalue weighted by molar-refractivity contribution is 6.65. The molecule has 1 amide bonds. The summed E-state index contributed by atoms with van der Waals surface area (Å²) in [5, 5.41) is 3.81. The molecule has 3 aromatic rings. The number of methoxy groups -OCH3 is 1. The Balaban J connectivity index is 1.57. The number of fused-ring (bicyclic) bond motifs is 1. The summed E-state index contributed by atoms with van der Waals surface area (Å²) in [4.78, 5) is 15.9. The molecule has 2 N–H and O–H groups in total. The van der Waals surface area contributed by atoms with Gasteiger partial charge in [0.1, 0.15) is 11.6 Å². The van der Waals surface area contributed by atoms with E-state index in [2.05, 4.69) is 10.3 Å². The van der Waals surface area contributed by atoms with Gasteiger partial charge in [-0.2, -0.15) is 0 Å². The lowest BCUT2D eigenvalue weighted by atomic mass is 9.76. The molecular weight excluding hydrogens is 398 g/mol. The second-order valence-corrected chi connectivity index (χ2v) is 8.70. The van der Waals surface area contributed by atoms with Crippen molar-refractivity contribution in [2.45, 2.75) is 45.4 Å². The molecule has 2 heterocycles. The number of nitrogens with one attached hydrogen (secondary N) is 2. The van der Waals surface area contributed by atoms with Crippen LogP contribution in [0.4, 0.5) is 4.39 Å². The van der Waals surface area contributed by atoms with Crippen molar-refractivity contribution in [1.82, 2.24) is 10.3 Å². The van der Waals surface area contributed by atoms with Crippen molar-refractivity contribution in [1.29, 1.82) is 0 Å². The van der Waals surface area contributed by atoms with E-state index < -0.39 is 30.0 Å². The van der Waals surface area contributed by atoms with Gasteiger partial charge in [0, 0.05) is 12.7 Å². The van der Waals surface area contributed by atoms with Gasteiger partial charge >= 0.3 is 7.12 Å². The van der Waals surface area contributed by atoms with E-state index >= 15 is 0 Å². The number of H-pyrrole nitrogens is 1. The molecule has 0 atom stereocenters. The van der Waals surface area contributed by atoms with Crippen LogP contribution < -0.4 is 15.5 Å². The lowest BCUT2D eigenvalue weighted by molar-refractivity contribution is 0.00578. The summed E-state index contributed by atoms with van der Waals surface area (Å²) >= 11 is 0. The minimum Gasteiger partial charge on any atom is -0.496 e. The van der Waals surface area contributed by atoms with Crippen molar-refractivity contribution in [3.8, 4) is 5.75 Å². The molecule has 1 aliphatic heterocycles. The average Bonchev–Trinajstić information content (AvgIpc) is 3.28. The third kappa shape index (κ3) is 3.81. The van der Waals surface area contributed by atoms with Gasteiger partial charge in [-0.15, -0.1) is 0 Å². The van der Waals surface area contributed by atoms with Crippen LogP contribution in [0.3, 0.4) is 0 Å². The van der Waals surface area contributed by atoms with Crippen LogP contribution >= 0.6 is 0 Å². The first kappa shape index (κ1) is 21.4. The van der Waals surface area contributed by atoms with Crippen molar-refractivity contribution in [3.05, 3.63) is 59.5 Å². The summed E-state index contributed by atoms with van der Waals surface area (Å²) in [7, 11) is 0.963. The Labute approximate surface area is 181 Å². The van der Waals surface area contributed by atoms with Gasteiger partial charge in [0.2, 0.25) is 0 Å². The van der Waals surface area contributed by atoms with E-state index in [1.807, 2.05) is 52.1 Å². The van der Waals surface area contributed by atoms with Crippen molar-refractivity contribution >= 4 is 29.4 Å². The van der Waals surface area contributed by atoms with Crippen molar-refractivity contribution in [2.75, 3.05) is 7.11 Å². The Kier molecular flexibility index (Phi) is 5.31. The van der Waals surface area contributed by atoms with Crippen LogP contribution in [-0.2, 0) is 15.9 Å². The van der Waals surface area contributed by atoms with Crippen LogP contribution in [0.2, 0.25) is 0 Å². The zero-order valence-electron chi connectivity index (χ0n) is 18.3. The van der Waals surface area contributed by atoms with Crippen LogP contribution in [0.5, 0.6) is 5.75 Å². The Morgan fingerprint density at radius 2 is 1.84 bits per heavy atom. The van der Waals surface area contributed by atoms with E-state index in [1.165, 1.54) is 25.3 Å². The first-order chi connectivity index (χ1) is 14.6. The zero-order valence-corrected chi connectivity index (χ0v) is 18.3. The van der Waals surface area contributed by atoms with Crippen LogP contribution in [0, 0.1) is 5.82 Å². The Hall–Kier alpha value is -2.84. The van der Waals surface area contributed by atoms with Gasteiger partial charge in [0.05, 0.1) is 29.4 Å². The molecule has 0 saturated carbocycles. The van der Waals surface area contributed by atoms with E-state index in [0.717, 1.165) is 21.9 Å². The summed E-state index contributed by atoms with van der Waals surface area (Å²) < 4.78 is 31.2. The number of rotatable bonds is 5. The molecule has 0 radical (unpaired) electrons. The highest BCUT2D eigenvalue weighted by Crippen LogP contribution is 2.37. The van der Waals surface area contributed by atoms with E-state index in [0.29, 0.717) is 5.75 Å². The maximum absolute atomic E-state index is 13.6. The molecule has 1 saturated heterocycles. The number of amides is 1. The molecule has 6 nitrogen and oxygen atoms in total. The summed E-state index contributed by atoms with van der Waals surface area (Å²) in [6.45, 7) is 8.34. The van der Waals surface area contributed by atoms with Gasteiger partial charge < -0.3 is 24.3 Å². The molecule has 1 aliphatic rings.